The summed E-state index contributed by atoms with van der Waals surface area (Å²) < 4.78 is 7.64. The molecule has 1 N–H and O–H groups in total. The lowest BCUT2D eigenvalue weighted by molar-refractivity contribution is 0.183. The zero-order chi connectivity index (χ0) is 11.2. The molecule has 0 spiro atoms. The summed E-state index contributed by atoms with van der Waals surface area (Å²) in [4.78, 5) is 4.21. The number of imidazole rings is 1. The van der Waals surface area contributed by atoms with Gasteiger partial charge in [-0.1, -0.05) is 6.92 Å². The number of aryl methyl sites for hydroxylation is 1. The van der Waals surface area contributed by atoms with E-state index in [-0.39, 0.29) is 0 Å². The smallest absolute Gasteiger partial charge is 0.0948 e. The predicted molar refractivity (Wildman–Crippen MR) is 63.2 cm³/mol. The van der Waals surface area contributed by atoms with E-state index in [1.807, 2.05) is 12.5 Å². The minimum atomic E-state index is 0.745. The van der Waals surface area contributed by atoms with Crippen LogP contribution in [0.15, 0.2) is 12.5 Å². The average molecular weight is 223 g/mol. The van der Waals surface area contributed by atoms with E-state index in [0.29, 0.717) is 0 Å². The SMILES string of the molecule is CCNCc1cncn1CCC1CCOC1. The summed E-state index contributed by atoms with van der Waals surface area (Å²) in [7, 11) is 0. The standard InChI is InChI=1S/C12H21N3O/c1-2-13-7-12-8-14-10-15(12)5-3-11-4-6-16-9-11/h8,10-11,13H,2-7,9H2,1H3. The molecule has 4 heteroatoms. The van der Waals surface area contributed by atoms with Crippen LogP contribution in [0.2, 0.25) is 0 Å². The summed E-state index contributed by atoms with van der Waals surface area (Å²) in [5.74, 6) is 0.745. The number of hydrogen-bond acceptors (Lipinski definition) is 3. The highest BCUT2D eigenvalue weighted by atomic mass is 16.5. The van der Waals surface area contributed by atoms with Crippen molar-refractivity contribution in [3.63, 3.8) is 0 Å². The van der Waals surface area contributed by atoms with Crippen LogP contribution in [-0.2, 0) is 17.8 Å². The highest BCUT2D eigenvalue weighted by molar-refractivity contribution is 4.97. The van der Waals surface area contributed by atoms with Crippen LogP contribution in [0, 0.1) is 5.92 Å². The van der Waals surface area contributed by atoms with E-state index >= 15 is 0 Å². The molecule has 1 aliphatic heterocycles. The van der Waals surface area contributed by atoms with Crippen LogP contribution in [0.4, 0.5) is 0 Å². The highest BCUT2D eigenvalue weighted by Gasteiger charge is 2.15. The second-order valence-electron chi connectivity index (χ2n) is 4.38. The molecule has 1 unspecified atom stereocenters. The minimum absolute atomic E-state index is 0.745. The Kier molecular flexibility index (Phi) is 4.36. The van der Waals surface area contributed by atoms with Gasteiger partial charge in [0, 0.05) is 32.5 Å². The Morgan fingerprint density at radius 2 is 2.56 bits per heavy atom. The van der Waals surface area contributed by atoms with E-state index in [1.54, 1.807) is 0 Å². The number of ether oxygens (including phenoxy) is 1. The topological polar surface area (TPSA) is 39.1 Å². The summed E-state index contributed by atoms with van der Waals surface area (Å²) in [5.41, 5.74) is 1.28. The number of aromatic nitrogens is 2. The summed E-state index contributed by atoms with van der Waals surface area (Å²) in [6, 6.07) is 0. The molecule has 2 rings (SSSR count). The van der Waals surface area contributed by atoms with Crippen LogP contribution in [-0.4, -0.2) is 29.3 Å². The Morgan fingerprint density at radius 1 is 1.62 bits per heavy atom. The molecule has 1 fully saturated rings. The first-order valence-electron chi connectivity index (χ1n) is 6.17. The fourth-order valence-corrected chi connectivity index (χ4v) is 2.08. The quantitative estimate of drug-likeness (QED) is 0.792. The lowest BCUT2D eigenvalue weighted by Crippen LogP contribution is -2.16. The molecule has 0 radical (unpaired) electrons. The predicted octanol–water partition coefficient (Wildman–Crippen LogP) is 1.42. The molecule has 1 aromatic heterocycles. The molecule has 1 aromatic rings. The molecule has 16 heavy (non-hydrogen) atoms. The summed E-state index contributed by atoms with van der Waals surface area (Å²) in [5, 5.41) is 3.33. The van der Waals surface area contributed by atoms with E-state index in [2.05, 4.69) is 21.8 Å². The summed E-state index contributed by atoms with van der Waals surface area (Å²) in [6.07, 6.45) is 6.31. The second-order valence-corrected chi connectivity index (χ2v) is 4.38. The van der Waals surface area contributed by atoms with Crippen molar-refractivity contribution < 1.29 is 4.74 Å². The number of hydrogen-bond donors (Lipinski definition) is 1. The van der Waals surface area contributed by atoms with Crippen LogP contribution in [0.3, 0.4) is 0 Å². The van der Waals surface area contributed by atoms with Crippen LogP contribution in [0.1, 0.15) is 25.5 Å². The molecule has 2 heterocycles. The Morgan fingerprint density at radius 3 is 3.31 bits per heavy atom. The van der Waals surface area contributed by atoms with Gasteiger partial charge in [-0.25, -0.2) is 4.98 Å². The van der Waals surface area contributed by atoms with Gasteiger partial charge in [0.05, 0.1) is 12.0 Å². The normalized spacial score (nSPS) is 20.4. The average Bonchev–Trinajstić information content (AvgIpc) is 2.94. The van der Waals surface area contributed by atoms with Gasteiger partial charge in [0.2, 0.25) is 0 Å². The molecule has 1 aliphatic rings. The largest absolute Gasteiger partial charge is 0.381 e. The van der Waals surface area contributed by atoms with Crippen LogP contribution in [0.5, 0.6) is 0 Å². The Bertz CT molecular complexity index is 305. The van der Waals surface area contributed by atoms with E-state index < -0.39 is 0 Å². The maximum Gasteiger partial charge on any atom is 0.0948 e. The number of rotatable bonds is 6. The lowest BCUT2D eigenvalue weighted by atomic mass is 10.1. The minimum Gasteiger partial charge on any atom is -0.381 e. The van der Waals surface area contributed by atoms with Crippen molar-refractivity contribution in [2.45, 2.75) is 32.9 Å². The van der Waals surface area contributed by atoms with E-state index in [1.165, 1.54) is 18.5 Å². The highest BCUT2D eigenvalue weighted by Crippen LogP contribution is 2.17. The third-order valence-corrected chi connectivity index (χ3v) is 3.16. The molecule has 0 aromatic carbocycles. The van der Waals surface area contributed by atoms with E-state index in [4.69, 9.17) is 4.74 Å². The van der Waals surface area contributed by atoms with Gasteiger partial charge in [0.25, 0.3) is 0 Å². The van der Waals surface area contributed by atoms with Gasteiger partial charge in [0.15, 0.2) is 0 Å². The van der Waals surface area contributed by atoms with Crippen LogP contribution < -0.4 is 5.32 Å². The Balaban J connectivity index is 1.80. The van der Waals surface area contributed by atoms with Crippen molar-refractivity contribution in [2.75, 3.05) is 19.8 Å². The van der Waals surface area contributed by atoms with Gasteiger partial charge >= 0.3 is 0 Å². The third kappa shape index (κ3) is 3.06. The third-order valence-electron chi connectivity index (χ3n) is 3.16. The zero-order valence-electron chi connectivity index (χ0n) is 9.98. The van der Waals surface area contributed by atoms with Crippen molar-refractivity contribution >= 4 is 0 Å². The summed E-state index contributed by atoms with van der Waals surface area (Å²) >= 11 is 0. The summed E-state index contributed by atoms with van der Waals surface area (Å²) in [6.45, 7) is 6.99. The van der Waals surface area contributed by atoms with Crippen molar-refractivity contribution in [3.05, 3.63) is 18.2 Å². The van der Waals surface area contributed by atoms with Gasteiger partial charge in [0.1, 0.15) is 0 Å². The first-order valence-corrected chi connectivity index (χ1v) is 6.17. The van der Waals surface area contributed by atoms with Crippen molar-refractivity contribution in [1.29, 1.82) is 0 Å². The number of nitrogens with one attached hydrogen (secondary N) is 1. The van der Waals surface area contributed by atoms with Crippen molar-refractivity contribution in [2.24, 2.45) is 5.92 Å². The molecule has 1 atom stereocenters. The van der Waals surface area contributed by atoms with E-state index in [9.17, 15) is 0 Å². The van der Waals surface area contributed by atoms with Crippen LogP contribution >= 0.6 is 0 Å². The first-order chi connectivity index (χ1) is 7.90. The fourth-order valence-electron chi connectivity index (χ4n) is 2.08. The molecule has 4 nitrogen and oxygen atoms in total. The molecule has 0 saturated carbocycles. The molecule has 0 amide bonds. The molecular formula is C12H21N3O. The maximum absolute atomic E-state index is 5.38. The Labute approximate surface area is 97.0 Å². The van der Waals surface area contributed by atoms with Gasteiger partial charge in [-0.05, 0) is 25.3 Å². The van der Waals surface area contributed by atoms with E-state index in [0.717, 1.165) is 38.8 Å². The van der Waals surface area contributed by atoms with Gasteiger partial charge in [-0.15, -0.1) is 0 Å². The molecule has 1 saturated heterocycles. The number of nitrogens with zero attached hydrogens (tertiary/aromatic N) is 2. The fraction of sp³-hybridized carbons (Fsp3) is 0.750. The molecule has 90 valence electrons. The maximum atomic E-state index is 5.38. The monoisotopic (exact) mass is 223 g/mol. The van der Waals surface area contributed by atoms with Gasteiger partial charge in [-0.2, -0.15) is 0 Å². The van der Waals surface area contributed by atoms with Crippen molar-refractivity contribution in [3.8, 4) is 0 Å². The molecule has 0 aliphatic carbocycles. The van der Waals surface area contributed by atoms with Gasteiger partial charge in [-0.3, -0.25) is 0 Å². The Hall–Kier alpha value is -0.870. The van der Waals surface area contributed by atoms with Crippen molar-refractivity contribution in [1.82, 2.24) is 14.9 Å². The zero-order valence-corrected chi connectivity index (χ0v) is 9.98. The van der Waals surface area contributed by atoms with Crippen LogP contribution in [0.25, 0.3) is 0 Å². The second kappa shape index (κ2) is 6.01. The molecule has 0 bridgehead atoms. The molecular weight excluding hydrogens is 202 g/mol. The first kappa shape index (κ1) is 11.6. The lowest BCUT2D eigenvalue weighted by Gasteiger charge is -2.11. The van der Waals surface area contributed by atoms with Gasteiger partial charge < -0.3 is 14.6 Å².